The van der Waals surface area contributed by atoms with Crippen molar-refractivity contribution in [3.63, 3.8) is 0 Å². The summed E-state index contributed by atoms with van der Waals surface area (Å²) in [6, 6.07) is 5.73. The van der Waals surface area contributed by atoms with Crippen LogP contribution in [0.25, 0.3) is 0 Å². The van der Waals surface area contributed by atoms with Crippen molar-refractivity contribution < 1.29 is 0 Å². The molecule has 2 rings (SSSR count). The van der Waals surface area contributed by atoms with Crippen molar-refractivity contribution in [3.8, 4) is 0 Å². The highest BCUT2D eigenvalue weighted by atomic mass is 32.1. The maximum atomic E-state index is 5.37. The normalized spacial score (nSPS) is 16.9. The molecule has 5 heteroatoms. The van der Waals surface area contributed by atoms with Gasteiger partial charge >= 0.3 is 0 Å². The van der Waals surface area contributed by atoms with Crippen LogP contribution in [0, 0.1) is 0 Å². The Morgan fingerprint density at radius 2 is 1.95 bits per heavy atom. The van der Waals surface area contributed by atoms with E-state index in [9.17, 15) is 0 Å². The number of nitrogens with one attached hydrogen (secondary N) is 1. The fraction of sp³-hybridized carbons (Fsp3) is 0.500. The average Bonchev–Trinajstić information content (AvgIpc) is 2.39. The number of likely N-dealkylation sites (tertiary alicyclic amines) is 1. The standard InChI is InChI=1S/C14H20N4S/c19-14(18-10-6-2-1-3-7-11-18)17-16-12-13-8-4-5-9-15-13/h4-5,8-9,12H,1-3,6-7,10-11H2,(H,17,19)/b16-12+. The smallest absolute Gasteiger partial charge is 0.189 e. The number of aromatic nitrogens is 1. The van der Waals surface area contributed by atoms with Crippen LogP contribution < -0.4 is 5.43 Å². The zero-order chi connectivity index (χ0) is 13.3. The molecule has 1 saturated heterocycles. The molecular weight excluding hydrogens is 256 g/mol. The average molecular weight is 276 g/mol. The van der Waals surface area contributed by atoms with Gasteiger partial charge in [0.05, 0.1) is 11.9 Å². The number of pyridine rings is 1. The Balaban J connectivity index is 1.81. The zero-order valence-corrected chi connectivity index (χ0v) is 11.9. The molecule has 4 nitrogen and oxygen atoms in total. The Morgan fingerprint density at radius 1 is 1.21 bits per heavy atom. The molecule has 1 aromatic heterocycles. The van der Waals surface area contributed by atoms with Gasteiger partial charge in [-0.1, -0.05) is 25.3 Å². The highest BCUT2D eigenvalue weighted by molar-refractivity contribution is 7.80. The third-order valence-electron chi connectivity index (χ3n) is 3.19. The molecule has 2 heterocycles. The highest BCUT2D eigenvalue weighted by Crippen LogP contribution is 2.10. The maximum Gasteiger partial charge on any atom is 0.189 e. The quantitative estimate of drug-likeness (QED) is 0.512. The maximum absolute atomic E-state index is 5.37. The summed E-state index contributed by atoms with van der Waals surface area (Å²) in [5.41, 5.74) is 3.76. The Labute approximate surface area is 119 Å². The van der Waals surface area contributed by atoms with Gasteiger partial charge in [-0.15, -0.1) is 0 Å². The Morgan fingerprint density at radius 3 is 2.63 bits per heavy atom. The van der Waals surface area contributed by atoms with Gasteiger partial charge in [-0.2, -0.15) is 5.10 Å². The van der Waals surface area contributed by atoms with E-state index in [1.807, 2.05) is 18.2 Å². The lowest BCUT2D eigenvalue weighted by Crippen LogP contribution is -2.39. The summed E-state index contributed by atoms with van der Waals surface area (Å²) in [4.78, 5) is 6.38. The highest BCUT2D eigenvalue weighted by Gasteiger charge is 2.10. The van der Waals surface area contributed by atoms with Gasteiger partial charge in [-0.05, 0) is 37.2 Å². The number of thiocarbonyl (C=S) groups is 1. The van der Waals surface area contributed by atoms with Crippen molar-refractivity contribution in [3.05, 3.63) is 30.1 Å². The van der Waals surface area contributed by atoms with Crippen LogP contribution in [0.2, 0.25) is 0 Å². The van der Waals surface area contributed by atoms with Crippen molar-refractivity contribution in [2.24, 2.45) is 5.10 Å². The zero-order valence-electron chi connectivity index (χ0n) is 11.1. The van der Waals surface area contributed by atoms with E-state index in [-0.39, 0.29) is 0 Å². The van der Waals surface area contributed by atoms with Crippen LogP contribution in [0.4, 0.5) is 0 Å². The van der Waals surface area contributed by atoms with Crippen LogP contribution in [0.3, 0.4) is 0 Å². The van der Waals surface area contributed by atoms with Crippen LogP contribution in [0.5, 0.6) is 0 Å². The van der Waals surface area contributed by atoms with Crippen molar-refractivity contribution in [1.82, 2.24) is 15.3 Å². The number of rotatable bonds is 2. The Kier molecular flexibility index (Phi) is 5.75. The molecule has 0 spiro atoms. The number of hydrogen-bond donors (Lipinski definition) is 1. The minimum Gasteiger partial charge on any atom is -0.348 e. The van der Waals surface area contributed by atoms with E-state index >= 15 is 0 Å². The van der Waals surface area contributed by atoms with Crippen molar-refractivity contribution in [1.29, 1.82) is 0 Å². The van der Waals surface area contributed by atoms with E-state index in [2.05, 4.69) is 20.4 Å². The molecule has 1 fully saturated rings. The lowest BCUT2D eigenvalue weighted by molar-refractivity contribution is 0.358. The molecule has 0 amide bonds. The van der Waals surface area contributed by atoms with Crippen molar-refractivity contribution in [2.45, 2.75) is 32.1 Å². The van der Waals surface area contributed by atoms with Crippen LogP contribution in [-0.2, 0) is 0 Å². The summed E-state index contributed by atoms with van der Waals surface area (Å²) in [5, 5.41) is 4.87. The van der Waals surface area contributed by atoms with Gasteiger partial charge in [-0.25, -0.2) is 0 Å². The molecule has 0 saturated carbocycles. The molecule has 19 heavy (non-hydrogen) atoms. The monoisotopic (exact) mass is 276 g/mol. The van der Waals surface area contributed by atoms with Crippen molar-refractivity contribution in [2.75, 3.05) is 13.1 Å². The lowest BCUT2D eigenvalue weighted by atomic mass is 10.1. The molecule has 0 aliphatic carbocycles. The Hall–Kier alpha value is -1.49. The minimum atomic E-state index is 0.717. The van der Waals surface area contributed by atoms with E-state index < -0.39 is 0 Å². The van der Waals surface area contributed by atoms with Gasteiger partial charge in [0, 0.05) is 19.3 Å². The molecule has 0 bridgehead atoms. The summed E-state index contributed by atoms with van der Waals surface area (Å²) in [6.45, 7) is 2.07. The topological polar surface area (TPSA) is 40.5 Å². The molecule has 0 radical (unpaired) electrons. The largest absolute Gasteiger partial charge is 0.348 e. The molecule has 1 N–H and O–H groups in total. The molecule has 0 aromatic carbocycles. The summed E-state index contributed by atoms with van der Waals surface area (Å²) in [5.74, 6) is 0. The molecule has 1 aliphatic heterocycles. The van der Waals surface area contributed by atoms with E-state index in [0.29, 0.717) is 5.11 Å². The van der Waals surface area contributed by atoms with Crippen LogP contribution >= 0.6 is 12.2 Å². The second-order valence-corrected chi connectivity index (χ2v) is 5.07. The van der Waals surface area contributed by atoms with E-state index in [4.69, 9.17) is 12.2 Å². The molecular formula is C14H20N4S. The first-order valence-electron chi connectivity index (χ1n) is 6.85. The van der Waals surface area contributed by atoms with Gasteiger partial charge in [0.25, 0.3) is 0 Å². The van der Waals surface area contributed by atoms with Crippen LogP contribution in [-0.4, -0.2) is 34.3 Å². The third-order valence-corrected chi connectivity index (χ3v) is 3.54. The second kappa shape index (κ2) is 7.84. The first kappa shape index (κ1) is 13.9. The fourth-order valence-electron chi connectivity index (χ4n) is 2.13. The van der Waals surface area contributed by atoms with E-state index in [1.54, 1.807) is 12.4 Å². The minimum absolute atomic E-state index is 0.717. The van der Waals surface area contributed by atoms with Gasteiger partial charge in [0.15, 0.2) is 5.11 Å². The summed E-state index contributed by atoms with van der Waals surface area (Å²) < 4.78 is 0. The fourth-order valence-corrected chi connectivity index (χ4v) is 2.36. The predicted octanol–water partition coefficient (Wildman–Crippen LogP) is 2.56. The van der Waals surface area contributed by atoms with Gasteiger partial charge in [0.2, 0.25) is 0 Å². The number of nitrogens with zero attached hydrogens (tertiary/aromatic N) is 3. The number of hydrogen-bond acceptors (Lipinski definition) is 3. The summed E-state index contributed by atoms with van der Waals surface area (Å²) >= 11 is 5.37. The first-order valence-corrected chi connectivity index (χ1v) is 7.26. The molecule has 102 valence electrons. The second-order valence-electron chi connectivity index (χ2n) is 4.68. The van der Waals surface area contributed by atoms with Crippen LogP contribution in [0.15, 0.2) is 29.5 Å². The van der Waals surface area contributed by atoms with Gasteiger partial charge in [0.1, 0.15) is 0 Å². The Bertz CT molecular complexity index is 411. The van der Waals surface area contributed by atoms with Gasteiger partial charge in [-0.3, -0.25) is 10.4 Å². The summed E-state index contributed by atoms with van der Waals surface area (Å²) in [7, 11) is 0. The van der Waals surface area contributed by atoms with Crippen LogP contribution in [0.1, 0.15) is 37.8 Å². The van der Waals surface area contributed by atoms with Gasteiger partial charge < -0.3 is 4.90 Å². The number of hydrazone groups is 1. The van der Waals surface area contributed by atoms with E-state index in [0.717, 1.165) is 18.8 Å². The van der Waals surface area contributed by atoms with Crippen molar-refractivity contribution >= 4 is 23.5 Å². The molecule has 1 aromatic rings. The molecule has 0 atom stereocenters. The SMILES string of the molecule is S=C(N/N=C/c1ccccn1)N1CCCCCCC1. The van der Waals surface area contributed by atoms with E-state index in [1.165, 1.54) is 32.1 Å². The lowest BCUT2D eigenvalue weighted by Gasteiger charge is -2.26. The molecule has 0 unspecified atom stereocenters. The molecule has 1 aliphatic rings. The summed E-state index contributed by atoms with van der Waals surface area (Å²) in [6.07, 6.45) is 9.82. The third kappa shape index (κ3) is 4.95. The predicted molar refractivity (Wildman–Crippen MR) is 82.2 cm³/mol. The first-order chi connectivity index (χ1) is 9.36.